The molecule has 0 saturated heterocycles. The molecule has 0 aliphatic rings. The van der Waals surface area contributed by atoms with Crippen LogP contribution < -0.4 is 0 Å². The van der Waals surface area contributed by atoms with E-state index in [1.165, 1.54) is 0 Å². The van der Waals surface area contributed by atoms with Crippen LogP contribution in [-0.2, 0) is 6.54 Å². The number of aromatic nitrogens is 1. The molecule has 21 heavy (non-hydrogen) atoms. The Bertz CT molecular complexity index is 622. The lowest BCUT2D eigenvalue weighted by molar-refractivity contribution is 0.0966. The standard InChI is InChI=1S/C15H16F2N2OS/c1-10-18-14(9-21-10)8-19(2)4-3-15(20)11-5-12(16)7-13(17)6-11/h5-7,9H,3-4,8H2,1-2H3. The van der Waals surface area contributed by atoms with E-state index in [1.807, 2.05) is 24.3 Å². The number of halogens is 2. The van der Waals surface area contributed by atoms with E-state index < -0.39 is 11.6 Å². The normalized spacial score (nSPS) is 11.1. The van der Waals surface area contributed by atoms with Crippen molar-refractivity contribution in [2.24, 2.45) is 0 Å². The van der Waals surface area contributed by atoms with Crippen LogP contribution in [0.15, 0.2) is 23.6 Å². The van der Waals surface area contributed by atoms with Crippen LogP contribution in [0.3, 0.4) is 0 Å². The largest absolute Gasteiger partial charge is 0.300 e. The molecule has 0 bridgehead atoms. The summed E-state index contributed by atoms with van der Waals surface area (Å²) in [6.45, 7) is 3.10. The van der Waals surface area contributed by atoms with Gasteiger partial charge in [0.15, 0.2) is 5.78 Å². The third kappa shape index (κ3) is 4.68. The number of hydrogen-bond acceptors (Lipinski definition) is 4. The smallest absolute Gasteiger partial charge is 0.164 e. The summed E-state index contributed by atoms with van der Waals surface area (Å²) >= 11 is 1.58. The summed E-state index contributed by atoms with van der Waals surface area (Å²) in [5, 5.41) is 2.99. The Balaban J connectivity index is 1.88. The van der Waals surface area contributed by atoms with Crippen molar-refractivity contribution in [1.82, 2.24) is 9.88 Å². The first kappa shape index (κ1) is 15.7. The molecular weight excluding hydrogens is 294 g/mol. The molecule has 6 heteroatoms. The van der Waals surface area contributed by atoms with Crippen molar-refractivity contribution in [2.45, 2.75) is 19.9 Å². The van der Waals surface area contributed by atoms with Crippen molar-refractivity contribution in [3.63, 3.8) is 0 Å². The molecule has 2 aromatic rings. The number of benzene rings is 1. The number of aryl methyl sites for hydroxylation is 1. The molecular formula is C15H16F2N2OS. The summed E-state index contributed by atoms with van der Waals surface area (Å²) in [5.74, 6) is -1.73. The topological polar surface area (TPSA) is 33.2 Å². The molecule has 0 aliphatic carbocycles. The molecule has 1 aromatic carbocycles. The van der Waals surface area contributed by atoms with Gasteiger partial charge in [-0.15, -0.1) is 11.3 Å². The first-order valence-electron chi connectivity index (χ1n) is 6.53. The van der Waals surface area contributed by atoms with Crippen LogP contribution >= 0.6 is 11.3 Å². The molecule has 112 valence electrons. The van der Waals surface area contributed by atoms with Gasteiger partial charge in [0.25, 0.3) is 0 Å². The van der Waals surface area contributed by atoms with E-state index in [-0.39, 0.29) is 17.8 Å². The summed E-state index contributed by atoms with van der Waals surface area (Å²) in [5.41, 5.74) is 1.04. The molecule has 0 amide bonds. The van der Waals surface area contributed by atoms with Crippen LogP contribution in [-0.4, -0.2) is 29.3 Å². The molecule has 1 heterocycles. The van der Waals surface area contributed by atoms with Crippen molar-refractivity contribution in [3.8, 4) is 0 Å². The first-order valence-corrected chi connectivity index (χ1v) is 7.41. The van der Waals surface area contributed by atoms with Gasteiger partial charge in [-0.25, -0.2) is 13.8 Å². The minimum Gasteiger partial charge on any atom is -0.300 e. The maximum Gasteiger partial charge on any atom is 0.164 e. The number of thiazole rings is 1. The maximum atomic E-state index is 13.1. The molecule has 2 rings (SSSR count). The number of rotatable bonds is 6. The van der Waals surface area contributed by atoms with Crippen molar-refractivity contribution >= 4 is 17.1 Å². The van der Waals surface area contributed by atoms with Gasteiger partial charge in [-0.05, 0) is 26.1 Å². The zero-order chi connectivity index (χ0) is 15.4. The summed E-state index contributed by atoms with van der Waals surface area (Å²) in [7, 11) is 1.88. The highest BCUT2D eigenvalue weighted by Gasteiger charge is 2.11. The van der Waals surface area contributed by atoms with Gasteiger partial charge < -0.3 is 4.90 Å². The van der Waals surface area contributed by atoms with Crippen molar-refractivity contribution in [3.05, 3.63) is 51.5 Å². The lowest BCUT2D eigenvalue weighted by Crippen LogP contribution is -2.21. The van der Waals surface area contributed by atoms with Crippen LogP contribution in [0.25, 0.3) is 0 Å². The fourth-order valence-corrected chi connectivity index (χ4v) is 2.59. The van der Waals surface area contributed by atoms with Crippen LogP contribution in [0.4, 0.5) is 8.78 Å². The quantitative estimate of drug-likeness (QED) is 0.766. The van der Waals surface area contributed by atoms with E-state index in [0.717, 1.165) is 28.9 Å². The number of nitrogens with zero attached hydrogens (tertiary/aromatic N) is 2. The van der Waals surface area contributed by atoms with E-state index in [0.29, 0.717) is 13.1 Å². The van der Waals surface area contributed by atoms with Crippen LogP contribution in [0.2, 0.25) is 0 Å². The number of hydrogen-bond donors (Lipinski definition) is 0. The molecule has 0 spiro atoms. The Kier molecular flexibility index (Phi) is 5.14. The summed E-state index contributed by atoms with van der Waals surface area (Å²) in [6, 6.07) is 2.89. The average Bonchev–Trinajstić information content (AvgIpc) is 2.80. The van der Waals surface area contributed by atoms with Crippen molar-refractivity contribution in [2.75, 3.05) is 13.6 Å². The second-order valence-electron chi connectivity index (χ2n) is 4.93. The van der Waals surface area contributed by atoms with Gasteiger partial charge in [-0.1, -0.05) is 0 Å². The van der Waals surface area contributed by atoms with Gasteiger partial charge in [0, 0.05) is 36.5 Å². The lowest BCUT2D eigenvalue weighted by atomic mass is 10.1. The summed E-state index contributed by atoms with van der Waals surface area (Å²) in [6.07, 6.45) is 0.211. The number of ketones is 1. The highest BCUT2D eigenvalue weighted by Crippen LogP contribution is 2.12. The Labute approximate surface area is 126 Å². The van der Waals surface area contributed by atoms with E-state index in [9.17, 15) is 13.6 Å². The molecule has 0 fully saturated rings. The monoisotopic (exact) mass is 310 g/mol. The zero-order valence-corrected chi connectivity index (χ0v) is 12.7. The Morgan fingerprint density at radius 2 is 1.95 bits per heavy atom. The van der Waals surface area contributed by atoms with Crippen molar-refractivity contribution < 1.29 is 13.6 Å². The highest BCUT2D eigenvalue weighted by atomic mass is 32.1. The highest BCUT2D eigenvalue weighted by molar-refractivity contribution is 7.09. The average molecular weight is 310 g/mol. The number of carbonyl (C=O) groups is 1. The minimum absolute atomic E-state index is 0.0744. The van der Waals surface area contributed by atoms with Crippen LogP contribution in [0, 0.1) is 18.6 Å². The SMILES string of the molecule is Cc1nc(CN(C)CCC(=O)c2cc(F)cc(F)c2)cs1. The first-order chi connectivity index (χ1) is 9.94. The van der Waals surface area contributed by atoms with E-state index in [2.05, 4.69) is 4.98 Å². The number of carbonyl (C=O) groups excluding carboxylic acids is 1. The van der Waals surface area contributed by atoms with E-state index in [1.54, 1.807) is 11.3 Å². The second-order valence-corrected chi connectivity index (χ2v) is 5.99. The summed E-state index contributed by atoms with van der Waals surface area (Å²) in [4.78, 5) is 18.2. The van der Waals surface area contributed by atoms with Crippen LogP contribution in [0.1, 0.15) is 27.5 Å². The molecule has 0 unspecified atom stereocenters. The van der Waals surface area contributed by atoms with Gasteiger partial charge in [0.05, 0.1) is 10.7 Å². The Morgan fingerprint density at radius 3 is 2.52 bits per heavy atom. The van der Waals surface area contributed by atoms with Gasteiger partial charge in [0.2, 0.25) is 0 Å². The third-order valence-corrected chi connectivity index (χ3v) is 3.83. The molecule has 0 radical (unpaired) electrons. The molecule has 3 nitrogen and oxygen atoms in total. The Morgan fingerprint density at radius 1 is 1.29 bits per heavy atom. The predicted molar refractivity (Wildman–Crippen MR) is 78.5 cm³/mol. The zero-order valence-electron chi connectivity index (χ0n) is 11.9. The number of Topliss-reactive ketones (excluding diaryl/α,β-unsaturated/α-hetero) is 1. The van der Waals surface area contributed by atoms with Gasteiger partial charge in [0.1, 0.15) is 11.6 Å². The minimum atomic E-state index is -0.732. The summed E-state index contributed by atoms with van der Waals surface area (Å²) < 4.78 is 26.1. The molecule has 0 N–H and O–H groups in total. The third-order valence-electron chi connectivity index (χ3n) is 3.00. The lowest BCUT2D eigenvalue weighted by Gasteiger charge is -2.14. The fourth-order valence-electron chi connectivity index (χ4n) is 1.99. The van der Waals surface area contributed by atoms with E-state index >= 15 is 0 Å². The Hall–Kier alpha value is -1.66. The fraction of sp³-hybridized carbons (Fsp3) is 0.333. The maximum absolute atomic E-state index is 13.1. The molecule has 0 aliphatic heterocycles. The van der Waals surface area contributed by atoms with Gasteiger partial charge in [-0.2, -0.15) is 0 Å². The van der Waals surface area contributed by atoms with Gasteiger partial charge >= 0.3 is 0 Å². The second kappa shape index (κ2) is 6.87. The molecule has 0 atom stereocenters. The molecule has 0 saturated carbocycles. The van der Waals surface area contributed by atoms with Gasteiger partial charge in [-0.3, -0.25) is 4.79 Å². The molecule has 1 aromatic heterocycles. The van der Waals surface area contributed by atoms with E-state index in [4.69, 9.17) is 0 Å². The predicted octanol–water partition coefficient (Wildman–Crippen LogP) is 3.43. The van der Waals surface area contributed by atoms with Crippen molar-refractivity contribution in [1.29, 1.82) is 0 Å². The van der Waals surface area contributed by atoms with Crippen LogP contribution in [0.5, 0.6) is 0 Å².